The fraction of sp³-hybridized carbons (Fsp3) is 0.263. The molecule has 1 amide bonds. The molecule has 0 aliphatic rings. The maximum atomic E-state index is 12.0. The van der Waals surface area contributed by atoms with Gasteiger partial charge in [-0.2, -0.15) is 0 Å². The second-order valence-corrected chi connectivity index (χ2v) is 5.97. The van der Waals surface area contributed by atoms with Gasteiger partial charge in [0.25, 0.3) is 5.91 Å². The maximum absolute atomic E-state index is 12.0. The van der Waals surface area contributed by atoms with Gasteiger partial charge >= 0.3 is 5.97 Å². The van der Waals surface area contributed by atoms with Gasteiger partial charge in [-0.1, -0.05) is 40.9 Å². The lowest BCUT2D eigenvalue weighted by Crippen LogP contribution is -2.31. The van der Waals surface area contributed by atoms with Gasteiger partial charge in [-0.05, 0) is 38.1 Å². The van der Waals surface area contributed by atoms with Gasteiger partial charge in [-0.25, -0.2) is 0 Å². The molecule has 0 radical (unpaired) electrons. The van der Waals surface area contributed by atoms with Crippen LogP contribution in [0.2, 0.25) is 5.02 Å². The minimum absolute atomic E-state index is 0.0729. The predicted molar refractivity (Wildman–Crippen MR) is 96.2 cm³/mol. The van der Waals surface area contributed by atoms with Crippen LogP contribution in [-0.2, 0) is 9.53 Å². The molecule has 0 aromatic heterocycles. The molecule has 0 bridgehead atoms. The van der Waals surface area contributed by atoms with Gasteiger partial charge in [-0.15, -0.1) is 0 Å². The summed E-state index contributed by atoms with van der Waals surface area (Å²) >= 11 is 5.95. The standard InChI is InChI=1S/C19H20ClNO4/c1-13-9-14(2)11-15(10-13)19(23)21-12-18(22)25-8-7-24-17-6-4-3-5-16(17)20/h3-6,9-11H,7-8,12H2,1-2H3,(H,21,23). The number of esters is 1. The summed E-state index contributed by atoms with van der Waals surface area (Å²) in [5.41, 5.74) is 2.50. The second-order valence-electron chi connectivity index (χ2n) is 5.56. The summed E-state index contributed by atoms with van der Waals surface area (Å²) < 4.78 is 10.4. The van der Waals surface area contributed by atoms with Gasteiger partial charge < -0.3 is 14.8 Å². The van der Waals surface area contributed by atoms with E-state index in [1.165, 1.54) is 0 Å². The Morgan fingerprint density at radius 1 is 1.04 bits per heavy atom. The van der Waals surface area contributed by atoms with Crippen LogP contribution >= 0.6 is 11.6 Å². The van der Waals surface area contributed by atoms with Crippen molar-refractivity contribution >= 4 is 23.5 Å². The summed E-state index contributed by atoms with van der Waals surface area (Å²) in [6.07, 6.45) is 0. The van der Waals surface area contributed by atoms with Crippen LogP contribution in [0.1, 0.15) is 21.5 Å². The van der Waals surface area contributed by atoms with E-state index in [1.54, 1.807) is 36.4 Å². The van der Waals surface area contributed by atoms with Crippen molar-refractivity contribution < 1.29 is 19.1 Å². The third-order valence-electron chi connectivity index (χ3n) is 3.32. The zero-order chi connectivity index (χ0) is 18.2. The van der Waals surface area contributed by atoms with Gasteiger partial charge in [0.2, 0.25) is 0 Å². The molecule has 0 aliphatic carbocycles. The SMILES string of the molecule is Cc1cc(C)cc(C(=O)NCC(=O)OCCOc2ccccc2Cl)c1. The molecule has 0 atom stereocenters. The van der Waals surface area contributed by atoms with Crippen LogP contribution in [0, 0.1) is 13.8 Å². The minimum Gasteiger partial charge on any atom is -0.488 e. The molecule has 0 fully saturated rings. The first-order chi connectivity index (χ1) is 12.0. The number of ether oxygens (including phenoxy) is 2. The lowest BCUT2D eigenvalue weighted by molar-refractivity contribution is -0.143. The van der Waals surface area contributed by atoms with Crippen LogP contribution < -0.4 is 10.1 Å². The molecule has 2 rings (SSSR count). The molecule has 5 nitrogen and oxygen atoms in total. The average molecular weight is 362 g/mol. The van der Waals surface area contributed by atoms with Crippen molar-refractivity contribution in [2.24, 2.45) is 0 Å². The Kier molecular flexibility index (Phi) is 6.83. The fourth-order valence-electron chi connectivity index (χ4n) is 2.28. The highest BCUT2D eigenvalue weighted by Crippen LogP contribution is 2.22. The highest BCUT2D eigenvalue weighted by atomic mass is 35.5. The lowest BCUT2D eigenvalue weighted by Gasteiger charge is -2.09. The van der Waals surface area contributed by atoms with E-state index in [0.29, 0.717) is 16.3 Å². The number of carbonyl (C=O) groups is 2. The van der Waals surface area contributed by atoms with Crippen molar-refractivity contribution in [1.29, 1.82) is 0 Å². The van der Waals surface area contributed by atoms with E-state index < -0.39 is 5.97 Å². The third kappa shape index (κ3) is 6.12. The molecule has 0 aliphatic heterocycles. The predicted octanol–water partition coefficient (Wildman–Crippen LogP) is 3.31. The van der Waals surface area contributed by atoms with Gasteiger partial charge in [0.1, 0.15) is 25.5 Å². The second kappa shape index (κ2) is 9.08. The van der Waals surface area contributed by atoms with Gasteiger partial charge in [-0.3, -0.25) is 9.59 Å². The fourth-order valence-corrected chi connectivity index (χ4v) is 2.47. The minimum atomic E-state index is -0.527. The molecule has 0 saturated heterocycles. The molecule has 0 spiro atoms. The van der Waals surface area contributed by atoms with Crippen molar-refractivity contribution in [2.45, 2.75) is 13.8 Å². The number of hydrogen-bond donors (Lipinski definition) is 1. The number of hydrogen-bond acceptors (Lipinski definition) is 4. The van der Waals surface area contributed by atoms with E-state index in [9.17, 15) is 9.59 Å². The number of amides is 1. The molecule has 1 N–H and O–H groups in total. The van der Waals surface area contributed by atoms with Crippen LogP contribution in [0.3, 0.4) is 0 Å². The topological polar surface area (TPSA) is 64.6 Å². The lowest BCUT2D eigenvalue weighted by atomic mass is 10.1. The smallest absolute Gasteiger partial charge is 0.325 e. The molecular weight excluding hydrogens is 342 g/mol. The largest absolute Gasteiger partial charge is 0.488 e. The van der Waals surface area contributed by atoms with Gasteiger partial charge in [0.05, 0.1) is 5.02 Å². The Balaban J connectivity index is 1.70. The molecule has 2 aromatic carbocycles. The molecule has 132 valence electrons. The van der Waals surface area contributed by atoms with Crippen molar-refractivity contribution in [3.05, 3.63) is 64.2 Å². The highest BCUT2D eigenvalue weighted by molar-refractivity contribution is 6.32. The molecule has 2 aromatic rings. The summed E-state index contributed by atoms with van der Waals surface area (Å²) in [6.45, 7) is 3.88. The summed E-state index contributed by atoms with van der Waals surface area (Å²) in [6, 6.07) is 12.6. The number of carbonyl (C=O) groups excluding carboxylic acids is 2. The number of benzene rings is 2. The number of aryl methyl sites for hydroxylation is 2. The van der Waals surface area contributed by atoms with E-state index in [0.717, 1.165) is 11.1 Å². The van der Waals surface area contributed by atoms with Gasteiger partial charge in [0, 0.05) is 5.56 Å². The number of nitrogens with one attached hydrogen (secondary N) is 1. The molecule has 25 heavy (non-hydrogen) atoms. The Bertz CT molecular complexity index is 741. The number of para-hydroxylation sites is 1. The van der Waals surface area contributed by atoms with E-state index in [4.69, 9.17) is 21.1 Å². The Morgan fingerprint density at radius 3 is 2.40 bits per heavy atom. The van der Waals surface area contributed by atoms with Crippen molar-refractivity contribution in [3.8, 4) is 5.75 Å². The first-order valence-corrected chi connectivity index (χ1v) is 8.23. The van der Waals surface area contributed by atoms with Crippen LogP contribution in [0.5, 0.6) is 5.75 Å². The molecule has 6 heteroatoms. The summed E-state index contributed by atoms with van der Waals surface area (Å²) in [5, 5.41) is 3.04. The van der Waals surface area contributed by atoms with Crippen molar-refractivity contribution in [1.82, 2.24) is 5.32 Å². The Labute approximate surface area is 151 Å². The highest BCUT2D eigenvalue weighted by Gasteiger charge is 2.10. The third-order valence-corrected chi connectivity index (χ3v) is 3.63. The quantitative estimate of drug-likeness (QED) is 0.607. The molecule has 0 heterocycles. The Hall–Kier alpha value is -2.53. The number of halogens is 1. The first kappa shape index (κ1) is 18.8. The zero-order valence-electron chi connectivity index (χ0n) is 14.2. The van der Waals surface area contributed by atoms with Crippen LogP contribution in [0.25, 0.3) is 0 Å². The monoisotopic (exact) mass is 361 g/mol. The van der Waals surface area contributed by atoms with Crippen LogP contribution in [-0.4, -0.2) is 31.6 Å². The molecule has 0 unspecified atom stereocenters. The van der Waals surface area contributed by atoms with Gasteiger partial charge in [0.15, 0.2) is 0 Å². The van der Waals surface area contributed by atoms with Crippen LogP contribution in [0.15, 0.2) is 42.5 Å². The Morgan fingerprint density at radius 2 is 1.72 bits per heavy atom. The van der Waals surface area contributed by atoms with Crippen molar-refractivity contribution in [2.75, 3.05) is 19.8 Å². The van der Waals surface area contributed by atoms with E-state index in [1.807, 2.05) is 19.9 Å². The van der Waals surface area contributed by atoms with Crippen molar-refractivity contribution in [3.63, 3.8) is 0 Å². The van der Waals surface area contributed by atoms with E-state index in [2.05, 4.69) is 5.32 Å². The summed E-state index contributed by atoms with van der Waals surface area (Å²) in [5.74, 6) is -0.306. The normalized spacial score (nSPS) is 10.2. The molecule has 0 saturated carbocycles. The molecular formula is C19H20ClNO4. The first-order valence-electron chi connectivity index (χ1n) is 7.85. The maximum Gasteiger partial charge on any atom is 0.325 e. The zero-order valence-corrected chi connectivity index (χ0v) is 14.9. The van der Waals surface area contributed by atoms with E-state index >= 15 is 0 Å². The average Bonchev–Trinajstić information content (AvgIpc) is 2.57. The van der Waals surface area contributed by atoms with E-state index in [-0.39, 0.29) is 25.7 Å². The summed E-state index contributed by atoms with van der Waals surface area (Å²) in [7, 11) is 0. The summed E-state index contributed by atoms with van der Waals surface area (Å²) in [4.78, 5) is 23.7. The van der Waals surface area contributed by atoms with Crippen LogP contribution in [0.4, 0.5) is 0 Å². The number of rotatable bonds is 7.